The molecule has 0 unspecified atom stereocenters. The highest BCUT2D eigenvalue weighted by Gasteiger charge is 2.27. The van der Waals surface area contributed by atoms with Gasteiger partial charge in [0.15, 0.2) is 23.7 Å². The molecule has 1 saturated heterocycles. The van der Waals surface area contributed by atoms with Gasteiger partial charge in [-0.3, -0.25) is 0 Å². The van der Waals surface area contributed by atoms with Gasteiger partial charge < -0.3 is 14.7 Å². The van der Waals surface area contributed by atoms with Crippen molar-refractivity contribution in [3.8, 4) is 0 Å². The Balaban J connectivity index is 2.51. The molecule has 0 spiro atoms. The Morgan fingerprint density at radius 3 is 2.41 bits per heavy atom. The molecule has 1 fully saturated rings. The fraction of sp³-hybridized carbons (Fsp3) is 0.300. The van der Waals surface area contributed by atoms with E-state index < -0.39 is 23.7 Å². The van der Waals surface area contributed by atoms with Crippen LogP contribution in [0.2, 0.25) is 0 Å². The van der Waals surface area contributed by atoms with Gasteiger partial charge in [-0.2, -0.15) is 0 Å². The van der Waals surface area contributed by atoms with E-state index in [-0.39, 0.29) is 24.3 Å². The molecule has 2 rings (SSSR count). The first-order chi connectivity index (χ1) is 8.15. The smallest absolute Gasteiger partial charge is 0.195 e. The second-order valence-electron chi connectivity index (χ2n) is 3.32. The van der Waals surface area contributed by atoms with Crippen molar-refractivity contribution in [2.75, 3.05) is 13.2 Å². The molecule has 1 aliphatic heterocycles. The van der Waals surface area contributed by atoms with Gasteiger partial charge in [-0.15, -0.1) is 0 Å². The highest BCUT2D eigenvalue weighted by molar-refractivity contribution is 5.79. The maximum Gasteiger partial charge on any atom is 0.195 e. The Morgan fingerprint density at radius 2 is 1.82 bits per heavy atom. The Bertz CT molecular complexity index is 459. The Morgan fingerprint density at radius 1 is 1.18 bits per heavy atom. The predicted molar refractivity (Wildman–Crippen MR) is 50.3 cm³/mol. The quantitative estimate of drug-likeness (QED) is 0.376. The molecule has 0 atom stereocenters. The Labute approximate surface area is 94.3 Å². The zero-order valence-corrected chi connectivity index (χ0v) is 8.49. The standard InChI is InChI=1S/C10H8F3NO3/c11-7-5(4-14-15)3-6(8(12)9(7)13)10-16-1-2-17-10/h3-4,10,15H,1-2H2. The normalized spacial score (nSPS) is 17.1. The third-order valence-electron chi connectivity index (χ3n) is 2.28. The SMILES string of the molecule is ON=Cc1cc(C2OCCO2)c(F)c(F)c1F. The van der Waals surface area contributed by atoms with Crippen LogP contribution in [0.25, 0.3) is 0 Å². The Hall–Kier alpha value is -1.60. The van der Waals surface area contributed by atoms with E-state index in [2.05, 4.69) is 5.16 Å². The number of benzene rings is 1. The maximum absolute atomic E-state index is 13.5. The van der Waals surface area contributed by atoms with Gasteiger partial charge in [0, 0.05) is 11.1 Å². The molecule has 17 heavy (non-hydrogen) atoms. The zero-order valence-electron chi connectivity index (χ0n) is 8.49. The van der Waals surface area contributed by atoms with E-state index in [1.807, 2.05) is 0 Å². The van der Waals surface area contributed by atoms with Crippen molar-refractivity contribution in [3.05, 3.63) is 34.6 Å². The number of oxime groups is 1. The summed E-state index contributed by atoms with van der Waals surface area (Å²) in [6.45, 7) is 0.485. The first-order valence-corrected chi connectivity index (χ1v) is 4.73. The molecule has 1 N–H and O–H groups in total. The average Bonchev–Trinajstić information content (AvgIpc) is 2.83. The second-order valence-corrected chi connectivity index (χ2v) is 3.32. The molecular weight excluding hydrogens is 239 g/mol. The largest absolute Gasteiger partial charge is 0.411 e. The summed E-state index contributed by atoms with van der Waals surface area (Å²) in [6.07, 6.45) is -0.410. The first kappa shape index (κ1) is 11.9. The van der Waals surface area contributed by atoms with Crippen molar-refractivity contribution in [3.63, 3.8) is 0 Å². The van der Waals surface area contributed by atoms with Gasteiger partial charge in [-0.1, -0.05) is 5.16 Å². The topological polar surface area (TPSA) is 51.1 Å². The van der Waals surface area contributed by atoms with Crippen LogP contribution in [0.15, 0.2) is 11.2 Å². The van der Waals surface area contributed by atoms with Gasteiger partial charge in [0.05, 0.1) is 19.4 Å². The van der Waals surface area contributed by atoms with Crippen molar-refractivity contribution in [2.45, 2.75) is 6.29 Å². The van der Waals surface area contributed by atoms with Crippen LogP contribution in [0, 0.1) is 17.5 Å². The number of halogens is 3. The zero-order chi connectivity index (χ0) is 12.4. The van der Waals surface area contributed by atoms with Crippen molar-refractivity contribution in [1.82, 2.24) is 0 Å². The Kier molecular flexibility index (Phi) is 3.30. The van der Waals surface area contributed by atoms with Crippen LogP contribution in [-0.2, 0) is 9.47 Å². The molecule has 0 saturated carbocycles. The monoisotopic (exact) mass is 247 g/mol. The molecule has 1 heterocycles. The molecule has 0 aromatic heterocycles. The molecular formula is C10H8F3NO3. The molecule has 1 aromatic carbocycles. The average molecular weight is 247 g/mol. The van der Waals surface area contributed by atoms with E-state index in [9.17, 15) is 13.2 Å². The van der Waals surface area contributed by atoms with Crippen LogP contribution in [0.5, 0.6) is 0 Å². The van der Waals surface area contributed by atoms with Crippen molar-refractivity contribution >= 4 is 6.21 Å². The van der Waals surface area contributed by atoms with Crippen LogP contribution >= 0.6 is 0 Å². The van der Waals surface area contributed by atoms with Crippen molar-refractivity contribution < 1.29 is 27.9 Å². The summed E-state index contributed by atoms with van der Waals surface area (Å²) in [4.78, 5) is 0. The molecule has 0 amide bonds. The van der Waals surface area contributed by atoms with Gasteiger partial charge in [-0.05, 0) is 6.07 Å². The number of nitrogens with zero attached hydrogens (tertiary/aromatic N) is 1. The summed E-state index contributed by atoms with van der Waals surface area (Å²) in [7, 11) is 0. The van der Waals surface area contributed by atoms with Crippen LogP contribution in [-0.4, -0.2) is 24.6 Å². The van der Waals surface area contributed by atoms with Gasteiger partial charge in [0.2, 0.25) is 0 Å². The fourth-order valence-electron chi connectivity index (χ4n) is 1.51. The predicted octanol–water partition coefficient (Wildman–Crippen LogP) is 1.96. The van der Waals surface area contributed by atoms with E-state index in [1.165, 1.54) is 0 Å². The lowest BCUT2D eigenvalue weighted by atomic mass is 10.1. The van der Waals surface area contributed by atoms with E-state index in [0.717, 1.165) is 6.07 Å². The molecule has 7 heteroatoms. The lowest BCUT2D eigenvalue weighted by Gasteiger charge is -2.12. The van der Waals surface area contributed by atoms with Gasteiger partial charge in [-0.25, -0.2) is 13.2 Å². The van der Waals surface area contributed by atoms with Gasteiger partial charge in [0.25, 0.3) is 0 Å². The molecule has 1 aliphatic rings. The lowest BCUT2D eigenvalue weighted by Crippen LogP contribution is -2.08. The van der Waals surface area contributed by atoms with E-state index in [4.69, 9.17) is 14.7 Å². The lowest BCUT2D eigenvalue weighted by molar-refractivity contribution is -0.0469. The summed E-state index contributed by atoms with van der Waals surface area (Å²) < 4.78 is 49.9. The molecule has 1 aromatic rings. The summed E-state index contributed by atoms with van der Waals surface area (Å²) in [5.74, 6) is -4.46. The van der Waals surface area contributed by atoms with E-state index in [1.54, 1.807) is 0 Å². The number of hydrogen-bond acceptors (Lipinski definition) is 4. The number of rotatable bonds is 2. The van der Waals surface area contributed by atoms with Gasteiger partial charge in [0.1, 0.15) is 0 Å². The van der Waals surface area contributed by atoms with Crippen LogP contribution in [0.3, 0.4) is 0 Å². The molecule has 0 bridgehead atoms. The summed E-state index contributed by atoms with van der Waals surface area (Å²) in [6, 6.07) is 0.976. The molecule has 4 nitrogen and oxygen atoms in total. The summed E-state index contributed by atoms with van der Waals surface area (Å²) in [5, 5.41) is 10.9. The van der Waals surface area contributed by atoms with E-state index in [0.29, 0.717) is 6.21 Å². The van der Waals surface area contributed by atoms with Crippen molar-refractivity contribution in [1.29, 1.82) is 0 Å². The van der Waals surface area contributed by atoms with E-state index >= 15 is 0 Å². The number of hydrogen-bond donors (Lipinski definition) is 1. The highest BCUT2D eigenvalue weighted by Crippen LogP contribution is 2.29. The van der Waals surface area contributed by atoms with Crippen LogP contribution < -0.4 is 0 Å². The number of ether oxygens (including phenoxy) is 2. The molecule has 92 valence electrons. The molecule has 0 aliphatic carbocycles. The molecule has 0 radical (unpaired) electrons. The van der Waals surface area contributed by atoms with Crippen LogP contribution in [0.4, 0.5) is 13.2 Å². The van der Waals surface area contributed by atoms with Gasteiger partial charge >= 0.3 is 0 Å². The summed E-state index contributed by atoms with van der Waals surface area (Å²) >= 11 is 0. The first-order valence-electron chi connectivity index (χ1n) is 4.73. The minimum Gasteiger partial charge on any atom is -0.411 e. The third-order valence-corrected chi connectivity index (χ3v) is 2.28. The maximum atomic E-state index is 13.5. The summed E-state index contributed by atoms with van der Waals surface area (Å²) in [5.41, 5.74) is -0.656. The van der Waals surface area contributed by atoms with Crippen molar-refractivity contribution in [2.24, 2.45) is 5.16 Å². The minimum atomic E-state index is -1.66. The highest BCUT2D eigenvalue weighted by atomic mass is 19.2. The third kappa shape index (κ3) is 2.11. The van der Waals surface area contributed by atoms with Crippen LogP contribution in [0.1, 0.15) is 17.4 Å². The fourth-order valence-corrected chi connectivity index (χ4v) is 1.51. The minimum absolute atomic E-state index is 0.243. The second kappa shape index (κ2) is 4.72.